The molecule has 0 aromatic heterocycles. The molecule has 28 heavy (non-hydrogen) atoms. The minimum absolute atomic E-state index is 0.112. The highest BCUT2D eigenvalue weighted by Crippen LogP contribution is 2.23. The normalized spacial score (nSPS) is 25.5. The monoisotopic (exact) mass is 381 g/mol. The van der Waals surface area contributed by atoms with E-state index >= 15 is 0 Å². The van der Waals surface area contributed by atoms with E-state index in [0.717, 1.165) is 57.6 Å². The summed E-state index contributed by atoms with van der Waals surface area (Å²) in [5.41, 5.74) is 3.32. The average Bonchev–Trinajstić information content (AvgIpc) is 2.71. The first-order chi connectivity index (χ1) is 13.7. The summed E-state index contributed by atoms with van der Waals surface area (Å²) in [5, 5.41) is 3.53. The molecule has 2 unspecified atom stereocenters. The van der Waals surface area contributed by atoms with Crippen molar-refractivity contribution >= 4 is 5.91 Å². The van der Waals surface area contributed by atoms with Crippen LogP contribution >= 0.6 is 0 Å². The fourth-order valence-corrected chi connectivity index (χ4v) is 4.31. The molecule has 2 fully saturated rings. The van der Waals surface area contributed by atoms with E-state index in [1.807, 2.05) is 4.90 Å². The highest BCUT2D eigenvalue weighted by Gasteiger charge is 2.35. The Kier molecular flexibility index (Phi) is 6.13. The second-order valence-electron chi connectivity index (χ2n) is 7.97. The lowest BCUT2D eigenvalue weighted by atomic mass is 9.99. The SMILES string of the molecule is Cc1ccccc1CN1C=CCCCC=C1C(=O)N1CCC2NCCOC2C1. The zero-order valence-electron chi connectivity index (χ0n) is 16.8. The molecule has 5 heteroatoms. The largest absolute Gasteiger partial charge is 0.373 e. The summed E-state index contributed by atoms with van der Waals surface area (Å²) < 4.78 is 5.93. The van der Waals surface area contributed by atoms with Crippen molar-refractivity contribution in [3.8, 4) is 0 Å². The lowest BCUT2D eigenvalue weighted by Gasteiger charge is -2.42. The van der Waals surface area contributed by atoms with Crippen molar-refractivity contribution in [1.82, 2.24) is 15.1 Å². The second-order valence-corrected chi connectivity index (χ2v) is 7.97. The minimum atomic E-state index is 0.112. The zero-order chi connectivity index (χ0) is 19.3. The summed E-state index contributed by atoms with van der Waals surface area (Å²) in [7, 11) is 0. The molecule has 1 amide bonds. The van der Waals surface area contributed by atoms with Crippen LogP contribution in [0.15, 0.2) is 48.3 Å². The van der Waals surface area contributed by atoms with Gasteiger partial charge in [-0.2, -0.15) is 0 Å². The van der Waals surface area contributed by atoms with E-state index in [9.17, 15) is 4.79 Å². The van der Waals surface area contributed by atoms with Crippen LogP contribution in [0, 0.1) is 6.92 Å². The number of rotatable bonds is 3. The Morgan fingerprint density at radius 3 is 3.07 bits per heavy atom. The predicted molar refractivity (Wildman–Crippen MR) is 111 cm³/mol. The van der Waals surface area contributed by atoms with Crippen molar-refractivity contribution in [3.05, 3.63) is 59.4 Å². The molecule has 3 aliphatic heterocycles. The van der Waals surface area contributed by atoms with E-state index in [1.54, 1.807) is 0 Å². The van der Waals surface area contributed by atoms with Crippen molar-refractivity contribution in [2.75, 3.05) is 26.2 Å². The molecule has 1 aromatic carbocycles. The number of morpholine rings is 1. The molecule has 3 heterocycles. The Bertz CT molecular complexity index is 758. The molecule has 0 bridgehead atoms. The Morgan fingerprint density at radius 1 is 1.29 bits per heavy atom. The number of fused-ring (bicyclic) bond motifs is 1. The first-order valence-corrected chi connectivity index (χ1v) is 10.5. The van der Waals surface area contributed by atoms with Crippen LogP contribution in [-0.2, 0) is 16.1 Å². The maximum absolute atomic E-state index is 13.5. The van der Waals surface area contributed by atoms with E-state index in [4.69, 9.17) is 4.74 Å². The van der Waals surface area contributed by atoms with Crippen LogP contribution in [-0.4, -0.2) is 54.1 Å². The highest BCUT2D eigenvalue weighted by atomic mass is 16.5. The van der Waals surface area contributed by atoms with Crippen LogP contribution in [0.2, 0.25) is 0 Å². The minimum Gasteiger partial charge on any atom is -0.373 e. The van der Waals surface area contributed by atoms with Crippen molar-refractivity contribution in [3.63, 3.8) is 0 Å². The number of hydrogen-bond acceptors (Lipinski definition) is 4. The van der Waals surface area contributed by atoms with E-state index in [-0.39, 0.29) is 12.0 Å². The van der Waals surface area contributed by atoms with Gasteiger partial charge >= 0.3 is 0 Å². The van der Waals surface area contributed by atoms with Crippen LogP contribution in [0.4, 0.5) is 0 Å². The van der Waals surface area contributed by atoms with Crippen LogP contribution in [0.1, 0.15) is 36.8 Å². The number of aryl methyl sites for hydroxylation is 1. The zero-order valence-corrected chi connectivity index (χ0v) is 16.8. The summed E-state index contributed by atoms with van der Waals surface area (Å²) in [5.74, 6) is 0.132. The highest BCUT2D eigenvalue weighted by molar-refractivity contribution is 5.93. The number of piperidine rings is 1. The van der Waals surface area contributed by atoms with Gasteiger partial charge in [0.25, 0.3) is 5.91 Å². The van der Waals surface area contributed by atoms with E-state index in [1.165, 1.54) is 11.1 Å². The number of carbonyl (C=O) groups excluding carboxylic acids is 1. The third kappa shape index (κ3) is 4.31. The lowest BCUT2D eigenvalue weighted by molar-refractivity contribution is -0.135. The molecule has 0 radical (unpaired) electrons. The fraction of sp³-hybridized carbons (Fsp3) is 0.522. The lowest BCUT2D eigenvalue weighted by Crippen LogP contribution is -2.59. The number of hydrogen-bond donors (Lipinski definition) is 1. The quantitative estimate of drug-likeness (QED) is 0.874. The van der Waals surface area contributed by atoms with Crippen molar-refractivity contribution in [2.24, 2.45) is 0 Å². The number of likely N-dealkylation sites (tertiary alicyclic amines) is 1. The van der Waals surface area contributed by atoms with Crippen LogP contribution in [0.3, 0.4) is 0 Å². The number of carbonyl (C=O) groups is 1. The Morgan fingerprint density at radius 2 is 2.18 bits per heavy atom. The molecular weight excluding hydrogens is 350 g/mol. The van der Waals surface area contributed by atoms with Crippen molar-refractivity contribution in [1.29, 1.82) is 0 Å². The Hall–Kier alpha value is -2.11. The van der Waals surface area contributed by atoms with Crippen molar-refractivity contribution < 1.29 is 9.53 Å². The number of nitrogens with zero attached hydrogens (tertiary/aromatic N) is 2. The van der Waals surface area contributed by atoms with Gasteiger partial charge in [-0.05, 0) is 43.7 Å². The van der Waals surface area contributed by atoms with Gasteiger partial charge in [-0.15, -0.1) is 0 Å². The van der Waals surface area contributed by atoms with Gasteiger partial charge in [0, 0.05) is 38.4 Å². The van der Waals surface area contributed by atoms with Gasteiger partial charge in [-0.1, -0.05) is 36.4 Å². The molecule has 0 aliphatic carbocycles. The molecule has 4 rings (SSSR count). The topological polar surface area (TPSA) is 44.8 Å². The molecule has 3 aliphatic rings. The van der Waals surface area contributed by atoms with Gasteiger partial charge in [0.05, 0.1) is 12.7 Å². The molecule has 2 atom stereocenters. The van der Waals surface area contributed by atoms with Gasteiger partial charge in [0.1, 0.15) is 5.70 Å². The van der Waals surface area contributed by atoms with Crippen LogP contribution < -0.4 is 5.32 Å². The number of nitrogens with one attached hydrogen (secondary N) is 1. The summed E-state index contributed by atoms with van der Waals surface area (Å²) in [6, 6.07) is 8.79. The number of allylic oxidation sites excluding steroid dienone is 2. The molecule has 1 aromatic rings. The molecule has 0 saturated carbocycles. The predicted octanol–water partition coefficient (Wildman–Crippen LogP) is 2.97. The molecule has 2 saturated heterocycles. The standard InChI is InChI=1S/C23H31N3O2/c1-18-8-5-6-9-19(18)16-25-13-7-3-2-4-10-21(25)23(27)26-14-11-20-22(17-26)28-15-12-24-20/h5-10,13,20,22,24H,2-4,11-12,14-17H2,1H3. The first kappa shape index (κ1) is 19.2. The van der Waals surface area contributed by atoms with Gasteiger partial charge in [0.2, 0.25) is 0 Å². The van der Waals surface area contributed by atoms with Gasteiger partial charge < -0.3 is 19.9 Å². The van der Waals surface area contributed by atoms with E-state index in [0.29, 0.717) is 12.6 Å². The number of amides is 1. The van der Waals surface area contributed by atoms with Crippen molar-refractivity contribution in [2.45, 2.75) is 51.3 Å². The molecule has 0 spiro atoms. The van der Waals surface area contributed by atoms with Gasteiger partial charge in [-0.3, -0.25) is 4.79 Å². The third-order valence-corrected chi connectivity index (χ3v) is 6.02. The van der Waals surface area contributed by atoms with E-state index < -0.39 is 0 Å². The van der Waals surface area contributed by atoms with Crippen LogP contribution in [0.25, 0.3) is 0 Å². The Balaban J connectivity index is 1.53. The summed E-state index contributed by atoms with van der Waals surface area (Å²) in [6.45, 7) is 5.96. The summed E-state index contributed by atoms with van der Waals surface area (Å²) in [4.78, 5) is 17.6. The number of ether oxygens (including phenoxy) is 1. The van der Waals surface area contributed by atoms with Crippen LogP contribution in [0.5, 0.6) is 0 Å². The fourth-order valence-electron chi connectivity index (χ4n) is 4.31. The maximum Gasteiger partial charge on any atom is 0.270 e. The smallest absolute Gasteiger partial charge is 0.270 e. The second kappa shape index (κ2) is 8.93. The maximum atomic E-state index is 13.5. The van der Waals surface area contributed by atoms with Gasteiger partial charge in [0.15, 0.2) is 0 Å². The first-order valence-electron chi connectivity index (χ1n) is 10.5. The third-order valence-electron chi connectivity index (χ3n) is 6.02. The molecule has 150 valence electrons. The molecule has 5 nitrogen and oxygen atoms in total. The summed E-state index contributed by atoms with van der Waals surface area (Å²) >= 11 is 0. The number of benzene rings is 1. The van der Waals surface area contributed by atoms with E-state index in [2.05, 4.69) is 59.8 Å². The Labute approximate surface area is 168 Å². The van der Waals surface area contributed by atoms with Gasteiger partial charge in [-0.25, -0.2) is 0 Å². The average molecular weight is 382 g/mol. The molecule has 1 N–H and O–H groups in total. The molecular formula is C23H31N3O2. The summed E-state index contributed by atoms with van der Waals surface area (Å²) in [6.07, 6.45) is 10.6.